The van der Waals surface area contributed by atoms with Crippen molar-refractivity contribution in [2.45, 2.75) is 45.4 Å². The zero-order valence-corrected chi connectivity index (χ0v) is 11.1. The highest BCUT2D eigenvalue weighted by Crippen LogP contribution is 2.33. The Bertz CT molecular complexity index is 245. The van der Waals surface area contributed by atoms with Gasteiger partial charge in [-0.25, -0.2) is 0 Å². The van der Waals surface area contributed by atoms with Crippen molar-refractivity contribution in [3.8, 4) is 0 Å². The SMILES string of the molecule is CCCN(CC1CCNCC1)C(=O)CC1CC1. The first-order chi connectivity index (χ1) is 8.29. The Hall–Kier alpha value is -0.570. The second kappa shape index (κ2) is 6.39. The maximum absolute atomic E-state index is 12.2. The van der Waals surface area contributed by atoms with E-state index >= 15 is 0 Å². The van der Waals surface area contributed by atoms with Gasteiger partial charge in [-0.05, 0) is 57.0 Å². The van der Waals surface area contributed by atoms with E-state index in [1.165, 1.54) is 25.7 Å². The molecule has 1 saturated carbocycles. The maximum Gasteiger partial charge on any atom is 0.222 e. The number of nitrogens with one attached hydrogen (secondary N) is 1. The minimum atomic E-state index is 0.410. The van der Waals surface area contributed by atoms with Gasteiger partial charge in [-0.2, -0.15) is 0 Å². The van der Waals surface area contributed by atoms with E-state index in [1.54, 1.807) is 0 Å². The Morgan fingerprint density at radius 1 is 1.18 bits per heavy atom. The number of hydrogen-bond donors (Lipinski definition) is 1. The van der Waals surface area contributed by atoms with Crippen molar-refractivity contribution in [2.75, 3.05) is 26.2 Å². The maximum atomic E-state index is 12.2. The average Bonchev–Trinajstić information content (AvgIpc) is 3.14. The van der Waals surface area contributed by atoms with Gasteiger partial charge >= 0.3 is 0 Å². The molecule has 0 bridgehead atoms. The van der Waals surface area contributed by atoms with Crippen LogP contribution < -0.4 is 5.32 Å². The first-order valence-corrected chi connectivity index (χ1v) is 7.28. The lowest BCUT2D eigenvalue weighted by Gasteiger charge is -2.30. The standard InChI is InChI=1S/C14H26N2O/c1-2-9-16(14(17)10-12-3-4-12)11-13-5-7-15-8-6-13/h12-13,15H,2-11H2,1H3. The molecule has 2 rings (SSSR count). The highest BCUT2D eigenvalue weighted by Gasteiger charge is 2.27. The largest absolute Gasteiger partial charge is 0.342 e. The summed E-state index contributed by atoms with van der Waals surface area (Å²) >= 11 is 0. The van der Waals surface area contributed by atoms with Crippen molar-refractivity contribution >= 4 is 5.91 Å². The summed E-state index contributed by atoms with van der Waals surface area (Å²) in [7, 11) is 0. The highest BCUT2D eigenvalue weighted by molar-refractivity contribution is 5.76. The normalized spacial score (nSPS) is 21.5. The average molecular weight is 238 g/mol. The van der Waals surface area contributed by atoms with Crippen LogP contribution in [0.1, 0.15) is 45.4 Å². The van der Waals surface area contributed by atoms with Crippen LogP contribution in [0.4, 0.5) is 0 Å². The van der Waals surface area contributed by atoms with Crippen LogP contribution in [-0.2, 0) is 4.79 Å². The van der Waals surface area contributed by atoms with Gasteiger partial charge in [-0.3, -0.25) is 4.79 Å². The Morgan fingerprint density at radius 3 is 2.47 bits per heavy atom. The molecule has 17 heavy (non-hydrogen) atoms. The first kappa shape index (κ1) is 12.9. The summed E-state index contributed by atoms with van der Waals surface area (Å²) in [6.45, 7) is 6.37. The van der Waals surface area contributed by atoms with Gasteiger partial charge < -0.3 is 10.2 Å². The summed E-state index contributed by atoms with van der Waals surface area (Å²) in [6.07, 6.45) is 6.91. The van der Waals surface area contributed by atoms with Crippen LogP contribution in [0.2, 0.25) is 0 Å². The summed E-state index contributed by atoms with van der Waals surface area (Å²) in [4.78, 5) is 14.3. The van der Waals surface area contributed by atoms with Gasteiger partial charge in [0.1, 0.15) is 0 Å². The van der Waals surface area contributed by atoms with Crippen molar-refractivity contribution in [1.82, 2.24) is 10.2 Å². The molecule has 0 aromatic rings. The van der Waals surface area contributed by atoms with Gasteiger partial charge in [0, 0.05) is 19.5 Å². The molecule has 2 fully saturated rings. The predicted octanol–water partition coefficient (Wildman–Crippen LogP) is 2.02. The van der Waals surface area contributed by atoms with Crippen LogP contribution in [0, 0.1) is 11.8 Å². The molecule has 0 unspecified atom stereocenters. The van der Waals surface area contributed by atoms with Gasteiger partial charge in [-0.15, -0.1) is 0 Å². The van der Waals surface area contributed by atoms with E-state index in [2.05, 4.69) is 17.1 Å². The number of piperidine rings is 1. The Labute approximate surface area is 105 Å². The van der Waals surface area contributed by atoms with Crippen LogP contribution in [-0.4, -0.2) is 37.0 Å². The lowest BCUT2D eigenvalue weighted by atomic mass is 9.97. The van der Waals surface area contributed by atoms with Crippen molar-refractivity contribution in [1.29, 1.82) is 0 Å². The molecule has 1 saturated heterocycles. The van der Waals surface area contributed by atoms with E-state index in [0.717, 1.165) is 50.9 Å². The molecule has 3 nitrogen and oxygen atoms in total. The molecule has 0 spiro atoms. The fraction of sp³-hybridized carbons (Fsp3) is 0.929. The quantitative estimate of drug-likeness (QED) is 0.768. The zero-order chi connectivity index (χ0) is 12.1. The number of carbonyl (C=O) groups excluding carboxylic acids is 1. The Kier molecular flexibility index (Phi) is 4.84. The molecule has 1 aliphatic heterocycles. The fourth-order valence-electron chi connectivity index (χ4n) is 2.66. The van der Waals surface area contributed by atoms with Gasteiger partial charge in [0.2, 0.25) is 5.91 Å². The Balaban J connectivity index is 1.79. The topological polar surface area (TPSA) is 32.3 Å². The number of rotatable bonds is 6. The van der Waals surface area contributed by atoms with Crippen molar-refractivity contribution in [3.05, 3.63) is 0 Å². The molecular formula is C14H26N2O. The van der Waals surface area contributed by atoms with E-state index in [4.69, 9.17) is 0 Å². The van der Waals surface area contributed by atoms with E-state index in [9.17, 15) is 4.79 Å². The minimum Gasteiger partial charge on any atom is -0.342 e. The third-order valence-corrected chi connectivity index (χ3v) is 3.94. The summed E-state index contributed by atoms with van der Waals surface area (Å²) in [5.41, 5.74) is 0. The van der Waals surface area contributed by atoms with Crippen molar-refractivity contribution < 1.29 is 4.79 Å². The first-order valence-electron chi connectivity index (χ1n) is 7.28. The summed E-state index contributed by atoms with van der Waals surface area (Å²) in [6, 6.07) is 0. The summed E-state index contributed by atoms with van der Waals surface area (Å²) in [5.74, 6) is 1.86. The monoisotopic (exact) mass is 238 g/mol. The van der Waals surface area contributed by atoms with Gasteiger partial charge in [0.05, 0.1) is 0 Å². The summed E-state index contributed by atoms with van der Waals surface area (Å²) in [5, 5.41) is 3.39. The molecule has 0 aromatic heterocycles. The molecule has 0 radical (unpaired) electrons. The molecule has 0 atom stereocenters. The molecule has 0 aromatic carbocycles. The van der Waals surface area contributed by atoms with Crippen LogP contribution in [0.25, 0.3) is 0 Å². The molecule has 1 N–H and O–H groups in total. The highest BCUT2D eigenvalue weighted by atomic mass is 16.2. The smallest absolute Gasteiger partial charge is 0.222 e. The zero-order valence-electron chi connectivity index (χ0n) is 11.1. The van der Waals surface area contributed by atoms with Gasteiger partial charge in [-0.1, -0.05) is 6.92 Å². The number of carbonyl (C=O) groups is 1. The van der Waals surface area contributed by atoms with Crippen LogP contribution in [0.15, 0.2) is 0 Å². The van der Waals surface area contributed by atoms with E-state index < -0.39 is 0 Å². The van der Waals surface area contributed by atoms with Crippen LogP contribution in [0.3, 0.4) is 0 Å². The van der Waals surface area contributed by atoms with Gasteiger partial charge in [0.25, 0.3) is 0 Å². The lowest BCUT2D eigenvalue weighted by molar-refractivity contribution is -0.132. The molecule has 1 heterocycles. The van der Waals surface area contributed by atoms with E-state index in [0.29, 0.717) is 5.91 Å². The molecule has 98 valence electrons. The molecule has 1 aliphatic carbocycles. The van der Waals surface area contributed by atoms with Crippen molar-refractivity contribution in [3.63, 3.8) is 0 Å². The second-order valence-corrected chi connectivity index (χ2v) is 5.68. The summed E-state index contributed by atoms with van der Waals surface area (Å²) < 4.78 is 0. The molecular weight excluding hydrogens is 212 g/mol. The third-order valence-electron chi connectivity index (χ3n) is 3.94. The second-order valence-electron chi connectivity index (χ2n) is 5.68. The number of nitrogens with zero attached hydrogens (tertiary/aromatic N) is 1. The minimum absolute atomic E-state index is 0.410. The molecule has 2 aliphatic rings. The van der Waals surface area contributed by atoms with Crippen molar-refractivity contribution in [2.24, 2.45) is 11.8 Å². The predicted molar refractivity (Wildman–Crippen MR) is 69.8 cm³/mol. The lowest BCUT2D eigenvalue weighted by Crippen LogP contribution is -2.39. The number of amides is 1. The van der Waals surface area contributed by atoms with E-state index in [-0.39, 0.29) is 0 Å². The molecule has 3 heteroatoms. The Morgan fingerprint density at radius 2 is 1.88 bits per heavy atom. The van der Waals surface area contributed by atoms with E-state index in [1.807, 2.05) is 0 Å². The van der Waals surface area contributed by atoms with Gasteiger partial charge in [0.15, 0.2) is 0 Å². The van der Waals surface area contributed by atoms with Crippen LogP contribution >= 0.6 is 0 Å². The third kappa shape index (κ3) is 4.30. The fourth-order valence-corrected chi connectivity index (χ4v) is 2.66. The molecule has 1 amide bonds. The van der Waals surface area contributed by atoms with Crippen LogP contribution in [0.5, 0.6) is 0 Å². The number of hydrogen-bond acceptors (Lipinski definition) is 2.